The van der Waals surface area contributed by atoms with Gasteiger partial charge in [0, 0.05) is 5.69 Å². The molecule has 0 bridgehead atoms. The number of hydrogen-bond donors (Lipinski definition) is 1. The Morgan fingerprint density at radius 3 is 2.21 bits per heavy atom. The van der Waals surface area contributed by atoms with Crippen molar-refractivity contribution in [2.24, 2.45) is 0 Å². The van der Waals surface area contributed by atoms with Crippen molar-refractivity contribution in [1.29, 1.82) is 0 Å². The van der Waals surface area contributed by atoms with Crippen molar-refractivity contribution in [1.82, 2.24) is 4.98 Å². The van der Waals surface area contributed by atoms with E-state index < -0.39 is 0 Å². The van der Waals surface area contributed by atoms with Gasteiger partial charge in [0.1, 0.15) is 5.69 Å². The van der Waals surface area contributed by atoms with Crippen LogP contribution in [0.4, 0.5) is 0 Å². The van der Waals surface area contributed by atoms with Crippen LogP contribution >= 0.6 is 0 Å². The lowest BCUT2D eigenvalue weighted by molar-refractivity contribution is 0.0595. The van der Waals surface area contributed by atoms with Crippen LogP contribution in [0.2, 0.25) is 0 Å². The Hall–Kier alpha value is -2.03. The lowest BCUT2D eigenvalue weighted by atomic mass is 9.86. The zero-order chi connectivity index (χ0) is 14.0. The highest BCUT2D eigenvalue weighted by atomic mass is 16.5. The maximum absolute atomic E-state index is 11.4. The first-order valence-corrected chi connectivity index (χ1v) is 6.30. The average molecular weight is 257 g/mol. The molecule has 2 aromatic rings. The lowest BCUT2D eigenvalue weighted by Crippen LogP contribution is -2.10. The minimum Gasteiger partial charge on any atom is -0.464 e. The summed E-state index contributed by atoms with van der Waals surface area (Å²) in [5.74, 6) is -0.349. The van der Waals surface area contributed by atoms with Crippen LogP contribution in [0.25, 0.3) is 11.3 Å². The summed E-state index contributed by atoms with van der Waals surface area (Å²) in [6.45, 7) is 6.56. The quantitative estimate of drug-likeness (QED) is 0.832. The molecular weight excluding hydrogens is 238 g/mol. The monoisotopic (exact) mass is 257 g/mol. The highest BCUT2D eigenvalue weighted by molar-refractivity contribution is 5.88. The Kier molecular flexibility index (Phi) is 3.47. The first-order valence-electron chi connectivity index (χ1n) is 6.30. The van der Waals surface area contributed by atoms with Crippen molar-refractivity contribution in [3.8, 4) is 11.3 Å². The summed E-state index contributed by atoms with van der Waals surface area (Å²) in [6, 6.07) is 12.0. The zero-order valence-electron chi connectivity index (χ0n) is 11.8. The molecule has 0 unspecified atom stereocenters. The summed E-state index contributed by atoms with van der Waals surface area (Å²) >= 11 is 0. The minimum absolute atomic E-state index is 0.144. The zero-order valence-corrected chi connectivity index (χ0v) is 11.8. The molecule has 1 aromatic carbocycles. The van der Waals surface area contributed by atoms with Gasteiger partial charge in [0.25, 0.3) is 0 Å². The highest BCUT2D eigenvalue weighted by Gasteiger charge is 2.14. The van der Waals surface area contributed by atoms with Gasteiger partial charge in [0.2, 0.25) is 0 Å². The van der Waals surface area contributed by atoms with Gasteiger partial charge in [-0.2, -0.15) is 0 Å². The Morgan fingerprint density at radius 2 is 1.68 bits per heavy atom. The van der Waals surface area contributed by atoms with Crippen LogP contribution in [0.15, 0.2) is 36.4 Å². The predicted octanol–water partition coefficient (Wildman–Crippen LogP) is 3.77. The van der Waals surface area contributed by atoms with Gasteiger partial charge in [-0.25, -0.2) is 4.79 Å². The van der Waals surface area contributed by atoms with Gasteiger partial charge in [-0.1, -0.05) is 45.0 Å². The van der Waals surface area contributed by atoms with Crippen molar-refractivity contribution in [3.63, 3.8) is 0 Å². The first-order chi connectivity index (χ1) is 8.91. The number of aromatic amines is 1. The second-order valence-electron chi connectivity index (χ2n) is 5.60. The molecule has 1 N–H and O–H groups in total. The molecule has 1 aromatic heterocycles. The first kappa shape index (κ1) is 13.4. The third kappa shape index (κ3) is 2.87. The number of hydrogen-bond acceptors (Lipinski definition) is 2. The number of nitrogens with one attached hydrogen (secondary N) is 1. The van der Waals surface area contributed by atoms with E-state index in [-0.39, 0.29) is 11.4 Å². The van der Waals surface area contributed by atoms with Gasteiger partial charge in [-0.3, -0.25) is 0 Å². The van der Waals surface area contributed by atoms with E-state index in [0.29, 0.717) is 5.69 Å². The van der Waals surface area contributed by atoms with E-state index in [4.69, 9.17) is 0 Å². The summed E-state index contributed by atoms with van der Waals surface area (Å²) in [4.78, 5) is 14.5. The molecular formula is C16H19NO2. The molecule has 3 heteroatoms. The molecule has 0 atom stereocenters. The molecule has 100 valence electrons. The largest absolute Gasteiger partial charge is 0.464 e. The molecule has 0 spiro atoms. The van der Waals surface area contributed by atoms with Crippen LogP contribution in [0.3, 0.4) is 0 Å². The van der Waals surface area contributed by atoms with Crippen LogP contribution < -0.4 is 0 Å². The molecule has 0 aliphatic carbocycles. The second kappa shape index (κ2) is 4.92. The molecule has 0 aliphatic heterocycles. The highest BCUT2D eigenvalue weighted by Crippen LogP contribution is 2.25. The lowest BCUT2D eigenvalue weighted by Gasteiger charge is -2.19. The number of carbonyl (C=O) groups is 1. The van der Waals surface area contributed by atoms with Crippen LogP contribution in [0, 0.1) is 0 Å². The molecule has 0 aliphatic rings. The summed E-state index contributed by atoms with van der Waals surface area (Å²) in [6.07, 6.45) is 0. The van der Waals surface area contributed by atoms with E-state index >= 15 is 0 Å². The molecule has 0 saturated carbocycles. The Balaban J connectivity index is 2.28. The third-order valence-corrected chi connectivity index (χ3v) is 3.15. The van der Waals surface area contributed by atoms with Crippen LogP contribution in [-0.4, -0.2) is 18.1 Å². The number of ether oxygens (including phenoxy) is 1. The smallest absolute Gasteiger partial charge is 0.354 e. The molecule has 0 saturated heterocycles. The van der Waals surface area contributed by atoms with Crippen LogP contribution in [0.1, 0.15) is 36.8 Å². The van der Waals surface area contributed by atoms with E-state index in [1.165, 1.54) is 12.7 Å². The fraction of sp³-hybridized carbons (Fsp3) is 0.312. The number of rotatable bonds is 2. The second-order valence-corrected chi connectivity index (χ2v) is 5.60. The molecule has 19 heavy (non-hydrogen) atoms. The van der Waals surface area contributed by atoms with E-state index in [1.54, 1.807) is 6.07 Å². The summed E-state index contributed by atoms with van der Waals surface area (Å²) in [5, 5.41) is 0. The number of esters is 1. The SMILES string of the molecule is COC(=O)c1ccc(-c2ccc(C(C)(C)C)cc2)[nH]1. The van der Waals surface area contributed by atoms with Crippen molar-refractivity contribution >= 4 is 5.97 Å². The normalized spacial score (nSPS) is 11.4. The molecule has 0 radical (unpaired) electrons. The topological polar surface area (TPSA) is 42.1 Å². The molecule has 2 rings (SSSR count). The predicted molar refractivity (Wildman–Crippen MR) is 76.3 cm³/mol. The number of methoxy groups -OCH3 is 1. The summed E-state index contributed by atoms with van der Waals surface area (Å²) < 4.78 is 4.68. The molecule has 1 heterocycles. The Morgan fingerprint density at radius 1 is 1.05 bits per heavy atom. The number of aromatic nitrogens is 1. The van der Waals surface area contributed by atoms with Crippen molar-refractivity contribution in [2.75, 3.05) is 7.11 Å². The molecule has 3 nitrogen and oxygen atoms in total. The van der Waals surface area contributed by atoms with Gasteiger partial charge in [0.05, 0.1) is 7.11 Å². The van der Waals surface area contributed by atoms with Gasteiger partial charge in [-0.05, 0) is 28.7 Å². The summed E-state index contributed by atoms with van der Waals surface area (Å²) in [7, 11) is 1.38. The van der Waals surface area contributed by atoms with Crippen LogP contribution in [-0.2, 0) is 10.2 Å². The average Bonchev–Trinajstić information content (AvgIpc) is 2.86. The third-order valence-electron chi connectivity index (χ3n) is 3.15. The van der Waals surface area contributed by atoms with E-state index in [0.717, 1.165) is 11.3 Å². The van der Waals surface area contributed by atoms with Gasteiger partial charge >= 0.3 is 5.97 Å². The van der Waals surface area contributed by atoms with E-state index in [2.05, 4.69) is 54.8 Å². The van der Waals surface area contributed by atoms with Gasteiger partial charge in [-0.15, -0.1) is 0 Å². The van der Waals surface area contributed by atoms with Crippen molar-refractivity contribution < 1.29 is 9.53 Å². The van der Waals surface area contributed by atoms with Crippen molar-refractivity contribution in [2.45, 2.75) is 26.2 Å². The number of carbonyl (C=O) groups excluding carboxylic acids is 1. The minimum atomic E-state index is -0.349. The van der Waals surface area contributed by atoms with Crippen LogP contribution in [0.5, 0.6) is 0 Å². The fourth-order valence-electron chi connectivity index (χ4n) is 1.94. The molecule has 0 amide bonds. The van der Waals surface area contributed by atoms with E-state index in [9.17, 15) is 4.79 Å². The Labute approximate surface area is 113 Å². The van der Waals surface area contributed by atoms with E-state index in [1.807, 2.05) is 6.07 Å². The number of benzene rings is 1. The Bertz CT molecular complexity index is 574. The maximum Gasteiger partial charge on any atom is 0.354 e. The standard InChI is InChI=1S/C16H19NO2/c1-16(2,3)12-7-5-11(6-8-12)13-9-10-14(17-13)15(18)19-4/h5-10,17H,1-4H3. The fourth-order valence-corrected chi connectivity index (χ4v) is 1.94. The maximum atomic E-state index is 11.4. The van der Waals surface area contributed by atoms with Crippen molar-refractivity contribution in [3.05, 3.63) is 47.7 Å². The number of H-pyrrole nitrogens is 1. The summed E-state index contributed by atoms with van der Waals surface area (Å²) in [5.41, 5.74) is 3.88. The van der Waals surface area contributed by atoms with Gasteiger partial charge in [0.15, 0.2) is 0 Å². The molecule has 0 fully saturated rings. The van der Waals surface area contributed by atoms with Gasteiger partial charge < -0.3 is 9.72 Å².